The molecule has 0 unspecified atom stereocenters. The van der Waals surface area contributed by atoms with Crippen molar-refractivity contribution in [2.45, 2.75) is 72.7 Å². The van der Waals surface area contributed by atoms with Gasteiger partial charge in [0, 0.05) is 44.0 Å². The summed E-state index contributed by atoms with van der Waals surface area (Å²) in [5, 5.41) is 17.3. The summed E-state index contributed by atoms with van der Waals surface area (Å²) in [7, 11) is 0. The first-order valence-corrected chi connectivity index (χ1v) is 11.1. The molecule has 1 aromatic carbocycles. The first-order valence-electron chi connectivity index (χ1n) is 11.1. The standard InChI is InChI=1S/C24H36N4O2/c1-17(2)15-28-19(4)23(18(3)26-28)13-24(30)25-14-20-5-7-21(8-6-20)16-27-11-9-22(29)10-12-27/h5-8,17,22,29H,9-16H2,1-4H3,(H,25,30). The molecule has 1 saturated heterocycles. The lowest BCUT2D eigenvalue weighted by atomic mass is 10.1. The minimum absolute atomic E-state index is 0.0289. The molecular formula is C24H36N4O2. The molecule has 0 saturated carbocycles. The zero-order chi connectivity index (χ0) is 21.7. The van der Waals surface area contributed by atoms with Crippen molar-refractivity contribution in [3.8, 4) is 0 Å². The van der Waals surface area contributed by atoms with Crippen LogP contribution in [-0.4, -0.2) is 44.9 Å². The third-order valence-electron chi connectivity index (χ3n) is 5.88. The number of carbonyl (C=O) groups excluding carboxylic acids is 1. The Labute approximate surface area is 180 Å². The van der Waals surface area contributed by atoms with E-state index in [1.165, 1.54) is 5.56 Å². The third-order valence-corrected chi connectivity index (χ3v) is 5.88. The zero-order valence-electron chi connectivity index (χ0n) is 18.8. The first-order chi connectivity index (χ1) is 14.3. The second kappa shape index (κ2) is 10.2. The van der Waals surface area contributed by atoms with E-state index in [0.29, 0.717) is 18.9 Å². The molecular weight excluding hydrogens is 376 g/mol. The molecule has 6 heteroatoms. The number of nitrogens with one attached hydrogen (secondary N) is 1. The smallest absolute Gasteiger partial charge is 0.224 e. The van der Waals surface area contributed by atoms with Gasteiger partial charge in [-0.15, -0.1) is 0 Å². The van der Waals surface area contributed by atoms with Gasteiger partial charge in [-0.2, -0.15) is 5.10 Å². The van der Waals surface area contributed by atoms with E-state index in [9.17, 15) is 9.90 Å². The van der Waals surface area contributed by atoms with E-state index in [2.05, 4.69) is 53.4 Å². The van der Waals surface area contributed by atoms with Gasteiger partial charge in [-0.1, -0.05) is 38.1 Å². The van der Waals surface area contributed by atoms with Crippen molar-refractivity contribution >= 4 is 5.91 Å². The number of likely N-dealkylation sites (tertiary alicyclic amines) is 1. The fourth-order valence-electron chi connectivity index (χ4n) is 4.04. The zero-order valence-corrected chi connectivity index (χ0v) is 18.8. The average molecular weight is 413 g/mol. The van der Waals surface area contributed by atoms with E-state index in [1.54, 1.807) is 0 Å². The molecule has 2 N–H and O–H groups in total. The molecule has 0 bridgehead atoms. The summed E-state index contributed by atoms with van der Waals surface area (Å²) in [6, 6.07) is 8.45. The summed E-state index contributed by atoms with van der Waals surface area (Å²) >= 11 is 0. The van der Waals surface area contributed by atoms with E-state index in [4.69, 9.17) is 0 Å². The van der Waals surface area contributed by atoms with Crippen molar-refractivity contribution in [1.29, 1.82) is 0 Å². The lowest BCUT2D eigenvalue weighted by molar-refractivity contribution is -0.120. The van der Waals surface area contributed by atoms with Gasteiger partial charge >= 0.3 is 0 Å². The van der Waals surface area contributed by atoms with Crippen molar-refractivity contribution in [3.05, 3.63) is 52.3 Å². The Morgan fingerprint density at radius 1 is 1.17 bits per heavy atom. The fraction of sp³-hybridized carbons (Fsp3) is 0.583. The largest absolute Gasteiger partial charge is 0.393 e. The predicted octanol–water partition coefficient (Wildman–Crippen LogP) is 2.97. The number of aliphatic hydroxyl groups is 1. The first kappa shape index (κ1) is 22.5. The van der Waals surface area contributed by atoms with Crippen LogP contribution in [0.3, 0.4) is 0 Å². The van der Waals surface area contributed by atoms with Gasteiger partial charge in [-0.25, -0.2) is 0 Å². The van der Waals surface area contributed by atoms with Crippen LogP contribution in [0.1, 0.15) is 54.8 Å². The number of rotatable bonds is 8. The molecule has 2 heterocycles. The Morgan fingerprint density at radius 2 is 1.80 bits per heavy atom. The van der Waals surface area contributed by atoms with Gasteiger partial charge in [-0.3, -0.25) is 14.4 Å². The van der Waals surface area contributed by atoms with Crippen LogP contribution in [-0.2, 0) is 30.8 Å². The maximum Gasteiger partial charge on any atom is 0.224 e. The van der Waals surface area contributed by atoms with Crippen LogP contribution < -0.4 is 5.32 Å². The quantitative estimate of drug-likeness (QED) is 0.699. The molecule has 30 heavy (non-hydrogen) atoms. The van der Waals surface area contributed by atoms with Crippen molar-refractivity contribution in [3.63, 3.8) is 0 Å². The van der Waals surface area contributed by atoms with Gasteiger partial charge in [0.1, 0.15) is 0 Å². The van der Waals surface area contributed by atoms with Crippen LogP contribution >= 0.6 is 0 Å². The van der Waals surface area contributed by atoms with Gasteiger partial charge in [-0.05, 0) is 43.7 Å². The monoisotopic (exact) mass is 412 g/mol. The third kappa shape index (κ3) is 6.16. The molecule has 1 aliphatic rings. The Morgan fingerprint density at radius 3 is 2.43 bits per heavy atom. The minimum Gasteiger partial charge on any atom is -0.393 e. The highest BCUT2D eigenvalue weighted by Crippen LogP contribution is 2.16. The molecule has 1 aliphatic heterocycles. The van der Waals surface area contributed by atoms with E-state index in [0.717, 1.165) is 61.5 Å². The van der Waals surface area contributed by atoms with Crippen LogP contribution in [0, 0.1) is 19.8 Å². The second-order valence-electron chi connectivity index (χ2n) is 9.00. The number of amides is 1. The second-order valence-corrected chi connectivity index (χ2v) is 9.00. The van der Waals surface area contributed by atoms with Gasteiger partial charge in [0.2, 0.25) is 5.91 Å². The molecule has 0 spiro atoms. The van der Waals surface area contributed by atoms with E-state index in [1.807, 2.05) is 18.5 Å². The Bertz CT molecular complexity index is 834. The summed E-state index contributed by atoms with van der Waals surface area (Å²) in [6.45, 7) is 12.6. The molecule has 1 amide bonds. The molecule has 3 rings (SSSR count). The molecule has 6 nitrogen and oxygen atoms in total. The lowest BCUT2D eigenvalue weighted by Gasteiger charge is -2.29. The molecule has 0 radical (unpaired) electrons. The number of hydrogen-bond acceptors (Lipinski definition) is 4. The summed E-state index contributed by atoms with van der Waals surface area (Å²) in [4.78, 5) is 14.9. The molecule has 164 valence electrons. The molecule has 0 aliphatic carbocycles. The van der Waals surface area contributed by atoms with Crippen LogP contribution in [0.15, 0.2) is 24.3 Å². The van der Waals surface area contributed by atoms with E-state index < -0.39 is 0 Å². The lowest BCUT2D eigenvalue weighted by Crippen LogP contribution is -2.35. The molecule has 2 aromatic rings. The Balaban J connectivity index is 1.48. The molecule has 1 aromatic heterocycles. The van der Waals surface area contributed by atoms with Gasteiger partial charge in [0.25, 0.3) is 0 Å². The normalized spacial score (nSPS) is 15.7. The van der Waals surface area contributed by atoms with Crippen molar-refractivity contribution in [1.82, 2.24) is 20.0 Å². The Kier molecular flexibility index (Phi) is 7.67. The van der Waals surface area contributed by atoms with Crippen molar-refractivity contribution < 1.29 is 9.90 Å². The number of hydrogen-bond donors (Lipinski definition) is 2. The van der Waals surface area contributed by atoms with E-state index >= 15 is 0 Å². The molecule has 1 fully saturated rings. The van der Waals surface area contributed by atoms with Crippen LogP contribution in [0.5, 0.6) is 0 Å². The number of benzene rings is 1. The van der Waals surface area contributed by atoms with Gasteiger partial charge < -0.3 is 10.4 Å². The summed E-state index contributed by atoms with van der Waals surface area (Å²) in [6.07, 6.45) is 1.96. The summed E-state index contributed by atoms with van der Waals surface area (Å²) in [5.41, 5.74) is 5.44. The van der Waals surface area contributed by atoms with Crippen LogP contribution in [0.25, 0.3) is 0 Å². The predicted molar refractivity (Wildman–Crippen MR) is 119 cm³/mol. The van der Waals surface area contributed by atoms with Crippen LogP contribution in [0.2, 0.25) is 0 Å². The maximum absolute atomic E-state index is 12.5. The fourth-order valence-corrected chi connectivity index (χ4v) is 4.04. The number of nitrogens with zero attached hydrogens (tertiary/aromatic N) is 3. The maximum atomic E-state index is 12.5. The SMILES string of the molecule is Cc1nn(CC(C)C)c(C)c1CC(=O)NCc1ccc(CN2CCC(O)CC2)cc1. The number of piperidine rings is 1. The number of carbonyl (C=O) groups is 1. The number of aromatic nitrogens is 2. The highest BCUT2D eigenvalue weighted by atomic mass is 16.3. The van der Waals surface area contributed by atoms with Crippen LogP contribution in [0.4, 0.5) is 0 Å². The topological polar surface area (TPSA) is 70.4 Å². The van der Waals surface area contributed by atoms with Gasteiger partial charge in [0.05, 0.1) is 18.2 Å². The van der Waals surface area contributed by atoms with Crippen molar-refractivity contribution in [2.75, 3.05) is 13.1 Å². The molecule has 0 atom stereocenters. The summed E-state index contributed by atoms with van der Waals surface area (Å²) in [5.74, 6) is 0.551. The number of aliphatic hydroxyl groups excluding tert-OH is 1. The number of aryl methyl sites for hydroxylation is 1. The highest BCUT2D eigenvalue weighted by Gasteiger charge is 2.17. The summed E-state index contributed by atoms with van der Waals surface area (Å²) < 4.78 is 2.02. The van der Waals surface area contributed by atoms with E-state index in [-0.39, 0.29) is 12.0 Å². The van der Waals surface area contributed by atoms with Crippen molar-refractivity contribution in [2.24, 2.45) is 5.92 Å². The van der Waals surface area contributed by atoms with Gasteiger partial charge in [0.15, 0.2) is 0 Å². The average Bonchev–Trinajstić information content (AvgIpc) is 2.96. The highest BCUT2D eigenvalue weighted by molar-refractivity contribution is 5.79. The minimum atomic E-state index is -0.135. The Hall–Kier alpha value is -2.18.